The number of hydrogen-bond donors (Lipinski definition) is 1. The maximum absolute atomic E-state index is 9.14. The molecule has 0 unspecified atom stereocenters. The van der Waals surface area contributed by atoms with Crippen molar-refractivity contribution in [3.63, 3.8) is 0 Å². The maximum atomic E-state index is 9.14. The minimum absolute atomic E-state index is 0.224. The Labute approximate surface area is 95.9 Å². The summed E-state index contributed by atoms with van der Waals surface area (Å²) in [6.07, 6.45) is 4.10. The van der Waals surface area contributed by atoms with Crippen molar-refractivity contribution < 1.29 is 9.84 Å². The zero-order chi connectivity index (χ0) is 11.4. The third-order valence-corrected chi connectivity index (χ3v) is 3.06. The summed E-state index contributed by atoms with van der Waals surface area (Å²) >= 11 is 0. The van der Waals surface area contributed by atoms with Crippen molar-refractivity contribution in [2.24, 2.45) is 0 Å². The lowest BCUT2D eigenvalue weighted by molar-refractivity contribution is 0.0385. The molecule has 16 heavy (non-hydrogen) atoms. The van der Waals surface area contributed by atoms with Gasteiger partial charge in [0.2, 0.25) is 0 Å². The average Bonchev–Trinajstić information content (AvgIpc) is 2.33. The van der Waals surface area contributed by atoms with Crippen LogP contribution in [0.5, 0.6) is 5.75 Å². The van der Waals surface area contributed by atoms with Crippen molar-refractivity contribution in [3.05, 3.63) is 24.0 Å². The van der Waals surface area contributed by atoms with Gasteiger partial charge in [-0.25, -0.2) is 0 Å². The summed E-state index contributed by atoms with van der Waals surface area (Å²) in [4.78, 5) is 6.56. The summed E-state index contributed by atoms with van der Waals surface area (Å²) in [5, 5.41) is 9.14. The average molecular weight is 222 g/mol. The van der Waals surface area contributed by atoms with E-state index in [1.807, 2.05) is 6.07 Å². The van der Waals surface area contributed by atoms with Crippen molar-refractivity contribution in [3.8, 4) is 5.75 Å². The van der Waals surface area contributed by atoms with Crippen LogP contribution in [0.4, 0.5) is 0 Å². The van der Waals surface area contributed by atoms with Crippen LogP contribution in [-0.4, -0.2) is 41.3 Å². The standard InChI is InChI=1S/C12H18N2O2/c1-16-12-4-6-14(7-5-12)9-10-2-3-11(15)8-13-10/h2-3,8,12,15H,4-7,9H2,1H3. The monoisotopic (exact) mass is 222 g/mol. The van der Waals surface area contributed by atoms with E-state index in [2.05, 4.69) is 9.88 Å². The number of pyridine rings is 1. The first-order valence-corrected chi connectivity index (χ1v) is 5.67. The van der Waals surface area contributed by atoms with Crippen molar-refractivity contribution >= 4 is 0 Å². The van der Waals surface area contributed by atoms with Gasteiger partial charge in [0.25, 0.3) is 0 Å². The van der Waals surface area contributed by atoms with Crippen LogP contribution in [0.1, 0.15) is 18.5 Å². The molecule has 1 aliphatic rings. The molecule has 1 aromatic heterocycles. The fourth-order valence-corrected chi connectivity index (χ4v) is 2.04. The van der Waals surface area contributed by atoms with Crippen molar-refractivity contribution in [2.75, 3.05) is 20.2 Å². The largest absolute Gasteiger partial charge is 0.506 e. The molecule has 88 valence electrons. The Morgan fingerprint density at radius 1 is 1.44 bits per heavy atom. The first-order valence-electron chi connectivity index (χ1n) is 5.67. The smallest absolute Gasteiger partial charge is 0.133 e. The molecule has 0 aliphatic carbocycles. The predicted octanol–water partition coefficient (Wildman–Crippen LogP) is 1.40. The topological polar surface area (TPSA) is 45.6 Å². The third kappa shape index (κ3) is 2.93. The SMILES string of the molecule is COC1CCN(Cc2ccc(O)cn2)CC1. The number of likely N-dealkylation sites (tertiary alicyclic amines) is 1. The van der Waals surface area contributed by atoms with Gasteiger partial charge in [-0.15, -0.1) is 0 Å². The fourth-order valence-electron chi connectivity index (χ4n) is 2.04. The summed E-state index contributed by atoms with van der Waals surface area (Å²) in [5.74, 6) is 0.224. The van der Waals surface area contributed by atoms with Gasteiger partial charge >= 0.3 is 0 Å². The Morgan fingerprint density at radius 2 is 2.19 bits per heavy atom. The second-order valence-electron chi connectivity index (χ2n) is 4.22. The molecule has 0 aromatic carbocycles. The van der Waals surface area contributed by atoms with Crippen LogP contribution in [0.25, 0.3) is 0 Å². The molecule has 0 amide bonds. The van der Waals surface area contributed by atoms with Gasteiger partial charge in [0.1, 0.15) is 5.75 Å². The number of ether oxygens (including phenoxy) is 1. The highest BCUT2D eigenvalue weighted by atomic mass is 16.5. The van der Waals surface area contributed by atoms with Gasteiger partial charge in [-0.2, -0.15) is 0 Å². The molecule has 1 aliphatic heterocycles. The van der Waals surface area contributed by atoms with Crippen molar-refractivity contribution in [1.29, 1.82) is 0 Å². The molecule has 2 heterocycles. The summed E-state index contributed by atoms with van der Waals surface area (Å²) in [6.45, 7) is 2.97. The number of piperidine rings is 1. The Morgan fingerprint density at radius 3 is 2.75 bits per heavy atom. The lowest BCUT2D eigenvalue weighted by atomic mass is 10.1. The number of aromatic nitrogens is 1. The van der Waals surface area contributed by atoms with Crippen LogP contribution in [0.2, 0.25) is 0 Å². The van der Waals surface area contributed by atoms with Gasteiger partial charge in [0.15, 0.2) is 0 Å². The molecule has 4 heteroatoms. The number of methoxy groups -OCH3 is 1. The first kappa shape index (κ1) is 11.4. The summed E-state index contributed by atoms with van der Waals surface area (Å²) < 4.78 is 5.33. The molecule has 1 aromatic rings. The molecular weight excluding hydrogens is 204 g/mol. The summed E-state index contributed by atoms with van der Waals surface area (Å²) in [5.41, 5.74) is 1.01. The first-order chi connectivity index (χ1) is 7.78. The molecule has 1 fully saturated rings. The van der Waals surface area contributed by atoms with E-state index < -0.39 is 0 Å². The van der Waals surface area contributed by atoms with Crippen LogP contribution in [0.15, 0.2) is 18.3 Å². The molecule has 0 saturated carbocycles. The summed E-state index contributed by atoms with van der Waals surface area (Å²) in [6, 6.07) is 3.56. The van der Waals surface area contributed by atoms with E-state index in [-0.39, 0.29) is 5.75 Å². The molecule has 1 N–H and O–H groups in total. The molecule has 4 nitrogen and oxygen atoms in total. The third-order valence-electron chi connectivity index (χ3n) is 3.06. The van der Waals surface area contributed by atoms with E-state index in [9.17, 15) is 0 Å². The molecule has 0 bridgehead atoms. The Balaban J connectivity index is 1.84. The van der Waals surface area contributed by atoms with Crippen molar-refractivity contribution in [1.82, 2.24) is 9.88 Å². The molecule has 0 spiro atoms. The highest BCUT2D eigenvalue weighted by Gasteiger charge is 2.18. The highest BCUT2D eigenvalue weighted by molar-refractivity contribution is 5.17. The second-order valence-corrected chi connectivity index (χ2v) is 4.22. The number of rotatable bonds is 3. The number of nitrogens with zero attached hydrogens (tertiary/aromatic N) is 2. The number of hydrogen-bond acceptors (Lipinski definition) is 4. The van der Waals surface area contributed by atoms with E-state index in [1.54, 1.807) is 13.2 Å². The van der Waals surface area contributed by atoms with Crippen molar-refractivity contribution in [2.45, 2.75) is 25.5 Å². The van der Waals surface area contributed by atoms with E-state index in [0.29, 0.717) is 6.10 Å². The van der Waals surface area contributed by atoms with Gasteiger partial charge in [0.05, 0.1) is 18.0 Å². The van der Waals surface area contributed by atoms with Gasteiger partial charge in [0, 0.05) is 26.7 Å². The fraction of sp³-hybridized carbons (Fsp3) is 0.583. The van der Waals surface area contributed by atoms with E-state index >= 15 is 0 Å². The minimum Gasteiger partial charge on any atom is -0.506 e. The number of aromatic hydroxyl groups is 1. The van der Waals surface area contributed by atoms with Gasteiger partial charge < -0.3 is 9.84 Å². The Hall–Kier alpha value is -1.13. The van der Waals surface area contributed by atoms with Gasteiger partial charge in [-0.05, 0) is 25.0 Å². The van der Waals surface area contributed by atoms with Crippen LogP contribution in [0.3, 0.4) is 0 Å². The lowest BCUT2D eigenvalue weighted by Crippen LogP contribution is -2.36. The zero-order valence-electron chi connectivity index (χ0n) is 9.59. The van der Waals surface area contributed by atoms with Crippen LogP contribution in [-0.2, 0) is 11.3 Å². The van der Waals surface area contributed by atoms with E-state index in [4.69, 9.17) is 9.84 Å². The van der Waals surface area contributed by atoms with E-state index in [1.165, 1.54) is 6.20 Å². The molecule has 1 saturated heterocycles. The molecule has 0 atom stereocenters. The highest BCUT2D eigenvalue weighted by Crippen LogP contribution is 2.15. The second kappa shape index (κ2) is 5.27. The van der Waals surface area contributed by atoms with Crippen LogP contribution < -0.4 is 0 Å². The maximum Gasteiger partial charge on any atom is 0.133 e. The zero-order valence-corrected chi connectivity index (χ0v) is 9.59. The minimum atomic E-state index is 0.224. The Bertz CT molecular complexity index is 318. The quantitative estimate of drug-likeness (QED) is 0.839. The molecule has 0 radical (unpaired) electrons. The van der Waals surface area contributed by atoms with Gasteiger partial charge in [-0.3, -0.25) is 9.88 Å². The molecule has 2 rings (SSSR count). The molecular formula is C12H18N2O2. The Kier molecular flexibility index (Phi) is 3.74. The lowest BCUT2D eigenvalue weighted by Gasteiger charge is -2.30. The van der Waals surface area contributed by atoms with Crippen LogP contribution >= 0.6 is 0 Å². The normalized spacial score (nSPS) is 18.8. The predicted molar refractivity (Wildman–Crippen MR) is 61.2 cm³/mol. The van der Waals surface area contributed by atoms with E-state index in [0.717, 1.165) is 38.2 Å². The van der Waals surface area contributed by atoms with Gasteiger partial charge in [-0.1, -0.05) is 0 Å². The summed E-state index contributed by atoms with van der Waals surface area (Å²) in [7, 11) is 1.78. The van der Waals surface area contributed by atoms with Crippen LogP contribution in [0, 0.1) is 0 Å².